The van der Waals surface area contributed by atoms with Crippen molar-refractivity contribution in [2.24, 2.45) is 0 Å². The predicted octanol–water partition coefficient (Wildman–Crippen LogP) is 2.29. The maximum absolute atomic E-state index is 12.2. The van der Waals surface area contributed by atoms with Crippen LogP contribution in [0.15, 0.2) is 41.3 Å². The lowest BCUT2D eigenvalue weighted by molar-refractivity contribution is 0.583. The maximum atomic E-state index is 12.2. The van der Waals surface area contributed by atoms with Gasteiger partial charge in [0, 0.05) is 18.8 Å². The van der Waals surface area contributed by atoms with Crippen molar-refractivity contribution in [2.45, 2.75) is 32.6 Å². The SMILES string of the molecule is Cc1ccc(S(=O)(=O)NCCNc2ccc(-n3nc(C)c(C)c3C)nn2)cc1. The number of hydrogen-bond acceptors (Lipinski definition) is 6. The first-order valence-corrected chi connectivity index (χ1v) is 10.4. The van der Waals surface area contributed by atoms with Crippen molar-refractivity contribution >= 4 is 15.8 Å². The topological polar surface area (TPSA) is 102 Å². The third kappa shape index (κ3) is 4.37. The lowest BCUT2D eigenvalue weighted by Crippen LogP contribution is -2.29. The van der Waals surface area contributed by atoms with Crippen LogP contribution in [0.5, 0.6) is 0 Å². The molecule has 0 spiro atoms. The molecule has 3 rings (SSSR count). The largest absolute Gasteiger partial charge is 0.367 e. The Morgan fingerprint density at radius 1 is 0.929 bits per heavy atom. The Morgan fingerprint density at radius 2 is 1.64 bits per heavy atom. The molecule has 0 bridgehead atoms. The molecule has 148 valence electrons. The summed E-state index contributed by atoms with van der Waals surface area (Å²) in [5.41, 5.74) is 4.13. The molecule has 0 aliphatic heterocycles. The minimum absolute atomic E-state index is 0.232. The molecule has 8 nitrogen and oxygen atoms in total. The van der Waals surface area contributed by atoms with Crippen LogP contribution >= 0.6 is 0 Å². The molecule has 0 radical (unpaired) electrons. The molecule has 0 aliphatic rings. The fourth-order valence-corrected chi connectivity index (χ4v) is 3.68. The highest BCUT2D eigenvalue weighted by molar-refractivity contribution is 7.89. The molecule has 0 aliphatic carbocycles. The molecule has 0 unspecified atom stereocenters. The summed E-state index contributed by atoms with van der Waals surface area (Å²) in [5, 5.41) is 15.9. The fraction of sp³-hybridized carbons (Fsp3) is 0.316. The summed E-state index contributed by atoms with van der Waals surface area (Å²) in [6.45, 7) is 8.50. The van der Waals surface area contributed by atoms with E-state index in [1.807, 2.05) is 33.8 Å². The molecule has 2 heterocycles. The van der Waals surface area contributed by atoms with Gasteiger partial charge in [-0.3, -0.25) is 0 Å². The van der Waals surface area contributed by atoms with E-state index in [0.717, 1.165) is 22.5 Å². The second kappa shape index (κ2) is 8.07. The molecule has 0 amide bonds. The van der Waals surface area contributed by atoms with Crippen molar-refractivity contribution in [1.29, 1.82) is 0 Å². The minimum atomic E-state index is -3.52. The summed E-state index contributed by atoms with van der Waals surface area (Å²) in [4.78, 5) is 0.252. The predicted molar refractivity (Wildman–Crippen MR) is 108 cm³/mol. The molecule has 0 atom stereocenters. The molecule has 9 heteroatoms. The normalized spacial score (nSPS) is 11.6. The standard InChI is InChI=1S/C19H24N6O2S/c1-13-5-7-17(8-6-13)28(26,27)21-12-11-20-18-9-10-19(23-22-18)25-16(4)14(2)15(3)24-25/h5-10,21H,11-12H2,1-4H3,(H,20,22). The van der Waals surface area contributed by atoms with Crippen LogP contribution in [0.2, 0.25) is 0 Å². The van der Waals surface area contributed by atoms with Gasteiger partial charge in [-0.1, -0.05) is 17.7 Å². The van der Waals surface area contributed by atoms with Crippen molar-refractivity contribution in [3.63, 3.8) is 0 Å². The monoisotopic (exact) mass is 400 g/mol. The van der Waals surface area contributed by atoms with Crippen LogP contribution in [0.3, 0.4) is 0 Å². The highest BCUT2D eigenvalue weighted by Gasteiger charge is 2.13. The van der Waals surface area contributed by atoms with Crippen molar-refractivity contribution in [1.82, 2.24) is 24.7 Å². The molecule has 0 saturated heterocycles. The number of nitrogens with zero attached hydrogens (tertiary/aromatic N) is 4. The van der Waals surface area contributed by atoms with Gasteiger partial charge in [0.05, 0.1) is 10.6 Å². The lowest BCUT2D eigenvalue weighted by atomic mass is 10.2. The van der Waals surface area contributed by atoms with E-state index >= 15 is 0 Å². The molecule has 28 heavy (non-hydrogen) atoms. The first kappa shape index (κ1) is 20.0. The summed E-state index contributed by atoms with van der Waals surface area (Å²) in [6.07, 6.45) is 0. The zero-order valence-corrected chi connectivity index (χ0v) is 17.2. The Hall–Kier alpha value is -2.78. The van der Waals surface area contributed by atoms with Gasteiger partial charge in [-0.2, -0.15) is 5.10 Å². The molecule has 0 fully saturated rings. The van der Waals surface area contributed by atoms with E-state index < -0.39 is 10.0 Å². The van der Waals surface area contributed by atoms with Gasteiger partial charge in [0.2, 0.25) is 10.0 Å². The van der Waals surface area contributed by atoms with Crippen LogP contribution < -0.4 is 10.0 Å². The Balaban J connectivity index is 1.55. The van der Waals surface area contributed by atoms with E-state index in [1.54, 1.807) is 35.0 Å². The molecule has 3 aromatic rings. The van der Waals surface area contributed by atoms with Gasteiger partial charge in [-0.15, -0.1) is 10.2 Å². The van der Waals surface area contributed by atoms with Crippen LogP contribution in [0.1, 0.15) is 22.5 Å². The summed E-state index contributed by atoms with van der Waals surface area (Å²) in [6, 6.07) is 10.3. The van der Waals surface area contributed by atoms with E-state index in [2.05, 4.69) is 25.3 Å². The third-order valence-corrected chi connectivity index (χ3v) is 6.05. The van der Waals surface area contributed by atoms with E-state index in [9.17, 15) is 8.42 Å². The van der Waals surface area contributed by atoms with Crippen LogP contribution in [0, 0.1) is 27.7 Å². The quantitative estimate of drug-likeness (QED) is 0.590. The number of aromatic nitrogens is 4. The summed E-state index contributed by atoms with van der Waals surface area (Å²) >= 11 is 0. The van der Waals surface area contributed by atoms with E-state index in [-0.39, 0.29) is 11.4 Å². The number of aryl methyl sites for hydroxylation is 2. The summed E-state index contributed by atoms with van der Waals surface area (Å²) in [5.74, 6) is 1.20. The first-order chi connectivity index (χ1) is 13.3. The van der Waals surface area contributed by atoms with Crippen molar-refractivity contribution < 1.29 is 8.42 Å². The van der Waals surface area contributed by atoms with Gasteiger partial charge in [-0.05, 0) is 57.5 Å². The Morgan fingerprint density at radius 3 is 2.21 bits per heavy atom. The third-order valence-electron chi connectivity index (χ3n) is 4.58. The fourth-order valence-electron chi connectivity index (χ4n) is 2.65. The van der Waals surface area contributed by atoms with Crippen molar-refractivity contribution in [2.75, 3.05) is 18.4 Å². The second-order valence-electron chi connectivity index (χ2n) is 6.62. The highest BCUT2D eigenvalue weighted by Crippen LogP contribution is 2.15. The number of rotatable bonds is 7. The number of sulfonamides is 1. The van der Waals surface area contributed by atoms with Crippen LogP contribution in [-0.4, -0.2) is 41.5 Å². The summed E-state index contributed by atoms with van der Waals surface area (Å²) < 4.78 is 28.8. The van der Waals surface area contributed by atoms with Gasteiger partial charge < -0.3 is 5.32 Å². The Bertz CT molecular complexity index is 1060. The van der Waals surface area contributed by atoms with Crippen molar-refractivity contribution in [3.8, 4) is 5.82 Å². The Labute approximate surface area is 165 Å². The van der Waals surface area contributed by atoms with Crippen LogP contribution in [0.25, 0.3) is 5.82 Å². The Kier molecular flexibility index (Phi) is 5.76. The number of nitrogens with one attached hydrogen (secondary N) is 2. The average molecular weight is 401 g/mol. The number of anilines is 1. The van der Waals surface area contributed by atoms with Gasteiger partial charge in [0.25, 0.3) is 0 Å². The second-order valence-corrected chi connectivity index (χ2v) is 8.39. The molecule has 2 N–H and O–H groups in total. The van der Waals surface area contributed by atoms with Gasteiger partial charge in [0.15, 0.2) is 5.82 Å². The number of hydrogen-bond donors (Lipinski definition) is 2. The minimum Gasteiger partial charge on any atom is -0.367 e. The zero-order chi connectivity index (χ0) is 20.3. The smallest absolute Gasteiger partial charge is 0.240 e. The molecule has 2 aromatic heterocycles. The highest BCUT2D eigenvalue weighted by atomic mass is 32.2. The molecule has 0 saturated carbocycles. The number of benzene rings is 1. The lowest BCUT2D eigenvalue weighted by Gasteiger charge is -2.09. The van der Waals surface area contributed by atoms with Gasteiger partial charge in [0.1, 0.15) is 5.82 Å². The molecular weight excluding hydrogens is 376 g/mol. The van der Waals surface area contributed by atoms with E-state index in [1.165, 1.54) is 0 Å². The zero-order valence-electron chi connectivity index (χ0n) is 16.4. The maximum Gasteiger partial charge on any atom is 0.240 e. The van der Waals surface area contributed by atoms with Gasteiger partial charge >= 0.3 is 0 Å². The van der Waals surface area contributed by atoms with E-state index in [4.69, 9.17) is 0 Å². The molecular formula is C19H24N6O2S. The van der Waals surface area contributed by atoms with E-state index in [0.29, 0.717) is 18.2 Å². The van der Waals surface area contributed by atoms with Gasteiger partial charge in [-0.25, -0.2) is 17.8 Å². The average Bonchev–Trinajstić information content (AvgIpc) is 2.93. The summed E-state index contributed by atoms with van der Waals surface area (Å²) in [7, 11) is -3.52. The van der Waals surface area contributed by atoms with Crippen LogP contribution in [0.4, 0.5) is 5.82 Å². The van der Waals surface area contributed by atoms with Crippen LogP contribution in [-0.2, 0) is 10.0 Å². The molecule has 1 aromatic carbocycles. The first-order valence-electron chi connectivity index (χ1n) is 8.95. The van der Waals surface area contributed by atoms with Crippen molar-refractivity contribution in [3.05, 3.63) is 58.9 Å².